The van der Waals surface area contributed by atoms with Crippen molar-refractivity contribution in [2.75, 3.05) is 0 Å². The zero-order chi connectivity index (χ0) is 97.2. The number of pyridine rings is 2. The van der Waals surface area contributed by atoms with Gasteiger partial charge >= 0.3 is 0 Å². The van der Waals surface area contributed by atoms with E-state index in [0.717, 1.165) is 49.5 Å². The third-order valence-corrected chi connectivity index (χ3v) is 22.3. The van der Waals surface area contributed by atoms with Crippen molar-refractivity contribution in [2.45, 2.75) is 269 Å². The van der Waals surface area contributed by atoms with Crippen LogP contribution in [0.2, 0.25) is 30.3 Å². The summed E-state index contributed by atoms with van der Waals surface area (Å²) >= 11 is 35.4. The first-order chi connectivity index (χ1) is 60.9. The van der Waals surface area contributed by atoms with Crippen LogP contribution in [0.25, 0.3) is 9.69 Å². The predicted octanol–water partition coefficient (Wildman–Crippen LogP) is 36.4. The molecule has 0 bridgehead atoms. The van der Waals surface area contributed by atoms with E-state index in [1.807, 2.05) is 123 Å². The van der Waals surface area contributed by atoms with Gasteiger partial charge in [-0.2, -0.15) is 0 Å². The third kappa shape index (κ3) is 45.7. The van der Waals surface area contributed by atoms with Crippen LogP contribution < -0.4 is 5.73 Å². The fourth-order valence-corrected chi connectivity index (χ4v) is 13.8. The summed E-state index contributed by atoms with van der Waals surface area (Å²) < 4.78 is 25.7. The molecule has 3 heterocycles. The number of halogens is 8. The number of carbonyl (C=O) groups is 1. The number of carbonyl (C=O) groups excluding carboxylic acids is 1. The number of nitrogens with zero attached hydrogens (tertiary/aromatic N) is 6. The minimum Gasteiger partial charge on any atom is -0.392 e. The first-order valence-corrected chi connectivity index (χ1v) is 46.6. The minimum absolute atomic E-state index is 0.101. The fourth-order valence-electron chi connectivity index (χ4n) is 11.9. The van der Waals surface area contributed by atoms with E-state index in [1.54, 1.807) is 74.5 Å². The topological polar surface area (TPSA) is 124 Å². The van der Waals surface area contributed by atoms with Crippen molar-refractivity contribution >= 4 is 86.9 Å². The first kappa shape index (κ1) is 115. The van der Waals surface area contributed by atoms with Gasteiger partial charge in [0.15, 0.2) is 11.4 Å². The van der Waals surface area contributed by atoms with Gasteiger partial charge in [-0.15, -0.1) is 0 Å². The van der Waals surface area contributed by atoms with Gasteiger partial charge in [-0.3, -0.25) is 9.78 Å². The maximum Gasteiger partial charge on any atom is 0.248 e. The molecule has 690 valence electrons. The summed E-state index contributed by atoms with van der Waals surface area (Å²) in [4.78, 5) is 33.3. The molecule has 3 aromatic heterocycles. The molecule has 0 aliphatic heterocycles. The molecule has 1 aliphatic carbocycles. The third-order valence-electron chi connectivity index (χ3n) is 20.2. The Kier molecular flexibility index (Phi) is 56.0. The van der Waals surface area contributed by atoms with Crippen LogP contribution >= 0.6 is 69.6 Å². The molecule has 0 unspecified atom stereocenters. The highest BCUT2D eigenvalue weighted by atomic mass is 35.5. The van der Waals surface area contributed by atoms with Crippen LogP contribution in [0.15, 0.2) is 256 Å². The molecular formula is C112H139Cl6F2N7O2. The average Bonchev–Trinajstić information content (AvgIpc) is 1.74. The monoisotopic (exact) mass is 1860 g/mol. The molecule has 17 heteroatoms. The number of aliphatic hydroxyl groups is 1. The Hall–Kier alpha value is -9.63. The van der Waals surface area contributed by atoms with Crippen LogP contribution in [0, 0.1) is 31.7 Å². The van der Waals surface area contributed by atoms with Gasteiger partial charge in [0.25, 0.3) is 0 Å². The van der Waals surface area contributed by atoms with E-state index >= 15 is 0 Å². The maximum atomic E-state index is 12.9. The van der Waals surface area contributed by atoms with Gasteiger partial charge in [0.2, 0.25) is 5.91 Å². The normalized spacial score (nSPS) is 10.9. The lowest BCUT2D eigenvalue weighted by atomic mass is 9.99. The SMILES string of the molecule is CC(C)c1c(F)cccc1F.CC(C)c1cc(C(N)=O)ccc1Cl.CC(C)c1cccc(C2CC2)c1.CC(C)c1cccc(CO)c1.CC(C)c1cccc(Cl)c1Cl.CC(C)c1ccccc1Cl.CC(C)c1cccnc1.CC(C)c1cccnc1Cl.CC(C)c1cncnc1.Cc1cccc(C(C)C)c1.[C-]#[N+]c1ccc(Cl)c(C(C)C)c1.[C-]#[N+]c1cccc(C(C)C)c1. The van der Waals surface area contributed by atoms with Gasteiger partial charge in [0, 0.05) is 57.2 Å². The number of amides is 1. The van der Waals surface area contributed by atoms with Crippen LogP contribution in [0.4, 0.5) is 20.2 Å². The number of rotatable bonds is 15. The second-order valence-corrected chi connectivity index (χ2v) is 37.2. The highest BCUT2D eigenvalue weighted by molar-refractivity contribution is 6.42. The molecule has 0 atom stereocenters. The molecule has 0 spiro atoms. The molecule has 1 amide bonds. The number of benzene rings is 9. The molecule has 12 aromatic rings. The highest BCUT2D eigenvalue weighted by Crippen LogP contribution is 2.41. The van der Waals surface area contributed by atoms with Crippen LogP contribution in [0.1, 0.15) is 350 Å². The summed E-state index contributed by atoms with van der Waals surface area (Å²) in [5.74, 6) is 5.05. The van der Waals surface area contributed by atoms with Crippen molar-refractivity contribution in [1.29, 1.82) is 0 Å². The van der Waals surface area contributed by atoms with Gasteiger partial charge in [0.05, 0.1) is 29.8 Å². The number of aromatic nitrogens is 4. The van der Waals surface area contributed by atoms with Crippen molar-refractivity contribution in [3.63, 3.8) is 0 Å². The van der Waals surface area contributed by atoms with Crippen molar-refractivity contribution in [2.24, 2.45) is 5.73 Å². The van der Waals surface area contributed by atoms with Crippen LogP contribution in [0.3, 0.4) is 0 Å². The Morgan fingerprint density at radius 2 is 0.798 bits per heavy atom. The maximum absolute atomic E-state index is 12.9. The fraction of sp³-hybridized carbons (Fsp3) is 0.366. The summed E-state index contributed by atoms with van der Waals surface area (Å²) in [6.45, 7) is 66.4. The summed E-state index contributed by atoms with van der Waals surface area (Å²) in [5, 5.41) is 13.1. The molecule has 9 nitrogen and oxygen atoms in total. The summed E-state index contributed by atoms with van der Waals surface area (Å²) in [6, 6.07) is 69.6. The van der Waals surface area contributed by atoms with Gasteiger partial charge in [-0.25, -0.2) is 33.4 Å². The Bertz CT molecular complexity index is 5160. The minimum atomic E-state index is -0.458. The number of aliphatic hydroxyl groups excluding tert-OH is 1. The lowest BCUT2D eigenvalue weighted by molar-refractivity contribution is 0.1000. The molecule has 13 rings (SSSR count). The van der Waals surface area contributed by atoms with Crippen molar-refractivity contribution in [3.05, 3.63) is 409 Å². The van der Waals surface area contributed by atoms with E-state index in [2.05, 4.69) is 248 Å². The van der Waals surface area contributed by atoms with Crippen molar-refractivity contribution in [3.8, 4) is 0 Å². The highest BCUT2D eigenvalue weighted by Gasteiger charge is 2.23. The van der Waals surface area contributed by atoms with Crippen molar-refractivity contribution < 1.29 is 18.7 Å². The molecular weight excluding hydrogens is 1730 g/mol. The van der Waals surface area contributed by atoms with E-state index in [4.69, 9.17) is 93.6 Å². The quantitative estimate of drug-likeness (QED) is 0.0778. The molecule has 9 aromatic carbocycles. The second kappa shape index (κ2) is 62.6. The largest absolute Gasteiger partial charge is 0.392 e. The van der Waals surface area contributed by atoms with E-state index < -0.39 is 17.5 Å². The predicted molar refractivity (Wildman–Crippen MR) is 551 cm³/mol. The van der Waals surface area contributed by atoms with Gasteiger partial charge in [0.1, 0.15) is 23.1 Å². The molecule has 129 heavy (non-hydrogen) atoms. The molecule has 0 radical (unpaired) electrons. The second-order valence-electron chi connectivity index (χ2n) is 34.9. The Morgan fingerprint density at radius 3 is 1.21 bits per heavy atom. The zero-order valence-corrected chi connectivity index (χ0v) is 85.1. The van der Waals surface area contributed by atoms with E-state index in [-0.39, 0.29) is 18.1 Å². The van der Waals surface area contributed by atoms with Gasteiger partial charge < -0.3 is 10.8 Å². The summed E-state index contributed by atoms with van der Waals surface area (Å²) in [5.41, 5.74) is 24.5. The summed E-state index contributed by atoms with van der Waals surface area (Å²) in [6.07, 6.45) is 13.5. The molecule has 1 saturated carbocycles. The summed E-state index contributed by atoms with van der Waals surface area (Å²) in [7, 11) is 0. The number of hydrogen-bond acceptors (Lipinski definition) is 6. The van der Waals surface area contributed by atoms with Crippen LogP contribution in [-0.2, 0) is 6.61 Å². The first-order valence-electron chi connectivity index (χ1n) is 44.4. The average molecular weight is 1870 g/mol. The van der Waals surface area contributed by atoms with E-state index in [0.29, 0.717) is 96.6 Å². The van der Waals surface area contributed by atoms with E-state index in [1.165, 1.54) is 75.5 Å². The van der Waals surface area contributed by atoms with Crippen molar-refractivity contribution in [1.82, 2.24) is 19.9 Å². The number of hydrogen-bond donors (Lipinski definition) is 2. The molecule has 0 saturated heterocycles. The lowest BCUT2D eigenvalue weighted by Crippen LogP contribution is -2.11. The Labute approximate surface area is 804 Å². The van der Waals surface area contributed by atoms with E-state index in [9.17, 15) is 13.6 Å². The Balaban J connectivity index is 0.000000477. The van der Waals surface area contributed by atoms with Crippen LogP contribution in [-0.4, -0.2) is 30.9 Å². The number of nitrogens with two attached hydrogens (primary N) is 1. The zero-order valence-electron chi connectivity index (χ0n) is 80.5. The number of primary amides is 1. The smallest absolute Gasteiger partial charge is 0.248 e. The van der Waals surface area contributed by atoms with Gasteiger partial charge in [-0.05, 0) is 218 Å². The van der Waals surface area contributed by atoms with Crippen LogP contribution in [0.5, 0.6) is 0 Å². The standard InChI is InChI=1S/C12H16.C10H12ClNO.C10H10ClN.C10H11N.C10H14O.C10H14.C9H10Cl2.C9H11Cl.C9H10F2.C8H10ClN.C8H11N.C7H10N2/c1-9(2)11-4-3-5-12(8-11)10-6-7-10;1-6(2)8-5-7(10(12)13)3-4-9(8)11;1-7(2)9-6-8(12-3)4-5-10(9)11;1-8(2)9-5-4-6-10(7-9)11-3;1-8(2)10-5-3-4-9(6-10)7-11;1-8(2)10-6-4-5-9(3)7-10;1-6(2)7-4-3-5-8(10)9(7)11;1-7(2)8-5-3-4-6-9(8)10;1-6(2)9-7(10)4-3-5-8(9)11;1-6(2)7-4-3-5-10-8(7)9;1-7(2)8-4-3-5-9-6-8;1-6(2)7-3-8-5-9-4-7/h3-5,8-10H,6-7H2,1-2H3;3-6H,1-2H3,(H2,12,13);4-7H,1-2H3;4-8H,1-2H3;3-6,8,11H,7H2,1-2H3;4-8H,1-3H3;3-6H,1-2H3;3-7H,1-2H3;3-6H,1-2H3;3-6H,1-2H3;3-7H,1-2H3;3-6H,1-2H3. The molecule has 1 aliphatic rings. The van der Waals surface area contributed by atoms with Gasteiger partial charge in [-0.1, -0.05) is 411 Å². The molecule has 3 N–H and O–H groups in total. The number of aryl methyl sites for hydroxylation is 1. The Morgan fingerprint density at radius 1 is 0.388 bits per heavy atom. The lowest BCUT2D eigenvalue weighted by Gasteiger charge is -2.08. The molecule has 1 fully saturated rings.